The number of carbonyl (C=O) groups is 3. The minimum absolute atomic E-state index is 0.0403. The molecule has 4 aliphatic rings. The van der Waals surface area contributed by atoms with E-state index in [2.05, 4.69) is 4.90 Å². The molecule has 1 aromatic carbocycles. The fourth-order valence-corrected chi connectivity index (χ4v) is 7.43. The van der Waals surface area contributed by atoms with Crippen molar-refractivity contribution in [3.63, 3.8) is 0 Å². The van der Waals surface area contributed by atoms with Gasteiger partial charge in [0.05, 0.1) is 11.7 Å². The molecule has 5 rings (SSSR count). The number of phenols is 1. The van der Waals surface area contributed by atoms with Crippen molar-refractivity contribution in [2.24, 2.45) is 17.6 Å². The Bertz CT molecular complexity index is 1360. The first kappa shape index (κ1) is 28.3. The van der Waals surface area contributed by atoms with Crippen LogP contribution in [0.15, 0.2) is 34.8 Å². The molecule has 7 N–H and O–H groups in total. The zero-order chi connectivity index (χ0) is 29.3. The van der Waals surface area contributed by atoms with Crippen LogP contribution in [0.3, 0.4) is 0 Å². The highest BCUT2D eigenvalue weighted by Crippen LogP contribution is 2.55. The SMILES string of the molecule is C[C@H]1c2ccc(C(C)(C)CCCN3CCCC3)c(O)c2C(=O)C2=C(O)[C@]3(O)C(=O)C(C(N)=O)=C(O)C[C@@H]3[C@@H](O)[C@@H]21. The molecule has 0 radical (unpaired) electrons. The van der Waals surface area contributed by atoms with Crippen molar-refractivity contribution in [1.82, 2.24) is 4.90 Å². The smallest absolute Gasteiger partial charge is 0.255 e. The molecule has 0 unspecified atom stereocenters. The summed E-state index contributed by atoms with van der Waals surface area (Å²) in [5.74, 6) is -8.43. The highest BCUT2D eigenvalue weighted by atomic mass is 16.4. The Balaban J connectivity index is 1.56. The van der Waals surface area contributed by atoms with E-state index in [1.54, 1.807) is 19.1 Å². The van der Waals surface area contributed by atoms with Crippen LogP contribution in [0.5, 0.6) is 5.75 Å². The van der Waals surface area contributed by atoms with Gasteiger partial charge in [-0.3, -0.25) is 14.4 Å². The summed E-state index contributed by atoms with van der Waals surface area (Å²) in [5.41, 5.74) is 1.67. The fourth-order valence-electron chi connectivity index (χ4n) is 7.43. The number of rotatable bonds is 6. The Morgan fingerprint density at radius 2 is 1.80 bits per heavy atom. The van der Waals surface area contributed by atoms with Crippen LogP contribution in [-0.2, 0) is 15.0 Å². The highest BCUT2D eigenvalue weighted by Gasteiger charge is 2.64. The third kappa shape index (κ3) is 3.99. The summed E-state index contributed by atoms with van der Waals surface area (Å²) in [6.07, 6.45) is 2.04. The molecule has 5 atom stereocenters. The number of phenolic OH excluding ortho intramolecular Hbond substituents is 1. The average Bonchev–Trinajstić information content (AvgIpc) is 3.39. The molecule has 10 nitrogen and oxygen atoms in total. The summed E-state index contributed by atoms with van der Waals surface area (Å²) < 4.78 is 0. The van der Waals surface area contributed by atoms with Crippen LogP contribution in [0.1, 0.15) is 80.3 Å². The van der Waals surface area contributed by atoms with E-state index in [1.165, 1.54) is 12.8 Å². The van der Waals surface area contributed by atoms with Gasteiger partial charge in [0.1, 0.15) is 22.8 Å². The maximum atomic E-state index is 14.0. The number of primary amides is 1. The number of amides is 1. The van der Waals surface area contributed by atoms with Crippen molar-refractivity contribution < 1.29 is 39.9 Å². The normalized spacial score (nSPS) is 30.8. The summed E-state index contributed by atoms with van der Waals surface area (Å²) in [6, 6.07) is 3.55. The number of benzene rings is 1. The average molecular weight is 555 g/mol. The molecule has 0 bridgehead atoms. The van der Waals surface area contributed by atoms with Gasteiger partial charge in [-0.25, -0.2) is 0 Å². The lowest BCUT2D eigenvalue weighted by atomic mass is 9.56. The third-order valence-corrected chi connectivity index (χ3v) is 9.70. The van der Waals surface area contributed by atoms with Crippen molar-refractivity contribution in [3.05, 3.63) is 51.5 Å². The van der Waals surface area contributed by atoms with Gasteiger partial charge in [-0.1, -0.05) is 32.9 Å². The number of aliphatic hydroxyl groups is 4. The van der Waals surface area contributed by atoms with Gasteiger partial charge >= 0.3 is 0 Å². The first-order valence-corrected chi connectivity index (χ1v) is 14.0. The molecule has 1 fully saturated rings. The van der Waals surface area contributed by atoms with E-state index in [4.69, 9.17) is 5.73 Å². The lowest BCUT2D eigenvalue weighted by Crippen LogP contribution is -2.62. The maximum Gasteiger partial charge on any atom is 0.255 e. The molecule has 3 aliphatic carbocycles. The second kappa shape index (κ2) is 9.71. The summed E-state index contributed by atoms with van der Waals surface area (Å²) in [5, 5.41) is 56.0. The number of Topliss-reactive ketones (excluding diaryl/α,β-unsaturated/α-hetero) is 2. The minimum atomic E-state index is -2.84. The minimum Gasteiger partial charge on any atom is -0.511 e. The molecule has 1 amide bonds. The molecule has 0 saturated carbocycles. The van der Waals surface area contributed by atoms with E-state index < -0.39 is 75.9 Å². The Labute approximate surface area is 232 Å². The first-order chi connectivity index (χ1) is 18.7. The molecular formula is C30H38N2O8. The third-order valence-electron chi connectivity index (χ3n) is 9.70. The van der Waals surface area contributed by atoms with Crippen LogP contribution in [-0.4, -0.2) is 79.2 Å². The van der Waals surface area contributed by atoms with Gasteiger partial charge in [0.25, 0.3) is 5.91 Å². The Hall–Kier alpha value is -3.21. The summed E-state index contributed by atoms with van der Waals surface area (Å²) in [4.78, 5) is 41.5. The zero-order valence-corrected chi connectivity index (χ0v) is 23.1. The largest absolute Gasteiger partial charge is 0.511 e. The van der Waals surface area contributed by atoms with Gasteiger partial charge in [0, 0.05) is 29.4 Å². The number of nitrogens with zero attached hydrogens (tertiary/aromatic N) is 1. The van der Waals surface area contributed by atoms with E-state index in [9.17, 15) is 39.9 Å². The molecule has 1 saturated heterocycles. The van der Waals surface area contributed by atoms with Crippen molar-refractivity contribution in [3.8, 4) is 5.75 Å². The standard InChI is InChI=1S/C30H38N2O8/c1-14-15-7-8-16(29(2,3)9-6-12-32-10-4-5-11-32)23(34)20(15)25(36)22-19(14)24(35)17-13-18(33)21(28(31)39)26(37)30(17,40)27(22)38/h7-8,14,17,19,24,33-35,38,40H,4-6,9-13H2,1-3H3,(H2,31,39)/t14-,17+,19+,24+,30+/m0/s1. The summed E-state index contributed by atoms with van der Waals surface area (Å²) >= 11 is 0. The van der Waals surface area contributed by atoms with E-state index >= 15 is 0 Å². The molecule has 1 aromatic rings. The van der Waals surface area contributed by atoms with Crippen LogP contribution in [0, 0.1) is 11.8 Å². The number of fused-ring (bicyclic) bond motifs is 3. The van der Waals surface area contributed by atoms with E-state index in [0.29, 0.717) is 11.1 Å². The zero-order valence-electron chi connectivity index (χ0n) is 23.1. The fraction of sp³-hybridized carbons (Fsp3) is 0.567. The number of aromatic hydroxyl groups is 1. The summed E-state index contributed by atoms with van der Waals surface area (Å²) in [7, 11) is 0. The maximum absolute atomic E-state index is 14.0. The molecular weight excluding hydrogens is 516 g/mol. The van der Waals surface area contributed by atoms with E-state index in [-0.39, 0.29) is 16.9 Å². The number of hydrogen-bond acceptors (Lipinski definition) is 9. The number of carbonyl (C=O) groups excluding carboxylic acids is 3. The van der Waals surface area contributed by atoms with Gasteiger partial charge in [-0.05, 0) is 62.2 Å². The second-order valence-corrected chi connectivity index (χ2v) is 12.5. The van der Waals surface area contributed by atoms with E-state index in [0.717, 1.165) is 32.5 Å². The molecule has 1 aliphatic heterocycles. The van der Waals surface area contributed by atoms with Crippen molar-refractivity contribution >= 4 is 17.5 Å². The van der Waals surface area contributed by atoms with Crippen LogP contribution in [0.4, 0.5) is 0 Å². The second-order valence-electron chi connectivity index (χ2n) is 12.5. The number of nitrogens with two attached hydrogens (primary N) is 1. The number of ketones is 2. The molecule has 0 aromatic heterocycles. The van der Waals surface area contributed by atoms with Gasteiger partial charge in [-0.15, -0.1) is 0 Å². The van der Waals surface area contributed by atoms with Crippen molar-refractivity contribution in [2.45, 2.75) is 75.9 Å². The van der Waals surface area contributed by atoms with Crippen LogP contribution >= 0.6 is 0 Å². The first-order valence-electron chi connectivity index (χ1n) is 14.0. The number of allylic oxidation sites excluding steroid dienone is 1. The quantitative estimate of drug-likeness (QED) is 0.287. The highest BCUT2D eigenvalue weighted by molar-refractivity contribution is 6.24. The molecule has 216 valence electrons. The van der Waals surface area contributed by atoms with Gasteiger partial charge < -0.3 is 36.2 Å². The lowest BCUT2D eigenvalue weighted by Gasteiger charge is -2.50. The number of hydrogen-bond donors (Lipinski definition) is 6. The van der Waals surface area contributed by atoms with Gasteiger partial charge in [0.2, 0.25) is 5.78 Å². The van der Waals surface area contributed by atoms with Crippen LogP contribution in [0.2, 0.25) is 0 Å². The van der Waals surface area contributed by atoms with E-state index in [1.807, 2.05) is 13.8 Å². The Morgan fingerprint density at radius 3 is 2.42 bits per heavy atom. The number of likely N-dealkylation sites (tertiary alicyclic amines) is 1. The molecule has 10 heteroatoms. The molecule has 1 heterocycles. The monoisotopic (exact) mass is 554 g/mol. The lowest BCUT2D eigenvalue weighted by molar-refractivity contribution is -0.154. The topological polar surface area (TPSA) is 182 Å². The van der Waals surface area contributed by atoms with Crippen LogP contribution < -0.4 is 5.73 Å². The molecule has 40 heavy (non-hydrogen) atoms. The van der Waals surface area contributed by atoms with Gasteiger partial charge in [-0.2, -0.15) is 0 Å². The van der Waals surface area contributed by atoms with Gasteiger partial charge in [0.15, 0.2) is 11.4 Å². The molecule has 0 spiro atoms. The Kier molecular flexibility index (Phi) is 6.88. The van der Waals surface area contributed by atoms with Crippen molar-refractivity contribution in [2.75, 3.05) is 19.6 Å². The Morgan fingerprint density at radius 1 is 1.15 bits per heavy atom. The predicted octanol–water partition coefficient (Wildman–Crippen LogP) is 2.27. The predicted molar refractivity (Wildman–Crippen MR) is 145 cm³/mol. The van der Waals surface area contributed by atoms with Crippen LogP contribution in [0.25, 0.3) is 0 Å². The number of aliphatic hydroxyl groups excluding tert-OH is 3. The van der Waals surface area contributed by atoms with Crippen molar-refractivity contribution in [1.29, 1.82) is 0 Å². The summed E-state index contributed by atoms with van der Waals surface area (Å²) in [6.45, 7) is 8.86.